The van der Waals surface area contributed by atoms with Crippen LogP contribution >= 0.6 is 0 Å². The van der Waals surface area contributed by atoms with Gasteiger partial charge in [-0.15, -0.1) is 0 Å². The van der Waals surface area contributed by atoms with Gasteiger partial charge < -0.3 is 9.47 Å². The van der Waals surface area contributed by atoms with Gasteiger partial charge in [0.15, 0.2) is 0 Å². The van der Waals surface area contributed by atoms with Gasteiger partial charge in [-0.05, 0) is 36.5 Å². The third-order valence-corrected chi connectivity index (χ3v) is 4.32. The first kappa shape index (κ1) is 16.8. The van der Waals surface area contributed by atoms with Gasteiger partial charge in [-0.1, -0.05) is 37.6 Å². The Morgan fingerprint density at radius 3 is 2.73 bits per heavy atom. The molecule has 2 unspecified atom stereocenters. The monoisotopic (exact) mass is 302 g/mol. The van der Waals surface area contributed by atoms with E-state index in [0.717, 1.165) is 30.6 Å². The number of carbonyl (C=O) groups excluding carboxylic acids is 1. The van der Waals surface area contributed by atoms with Gasteiger partial charge in [0.2, 0.25) is 0 Å². The Kier molecular flexibility index (Phi) is 6.66. The van der Waals surface area contributed by atoms with Crippen molar-refractivity contribution >= 4 is 5.78 Å². The van der Waals surface area contributed by atoms with E-state index in [4.69, 9.17) is 9.47 Å². The number of ketones is 1. The first-order valence-electron chi connectivity index (χ1n) is 8.10. The number of Topliss-reactive ketones (excluding diaryl/α,β-unsaturated/α-hetero) is 1. The van der Waals surface area contributed by atoms with Gasteiger partial charge >= 0.3 is 0 Å². The number of methoxy groups -OCH3 is 1. The first-order chi connectivity index (χ1) is 10.7. The molecule has 1 aromatic carbocycles. The largest absolute Gasteiger partial charge is 0.497 e. The zero-order valence-electron chi connectivity index (χ0n) is 13.6. The lowest BCUT2D eigenvalue weighted by atomic mass is 9.80. The van der Waals surface area contributed by atoms with Crippen LogP contribution in [0.5, 0.6) is 5.75 Å². The fourth-order valence-electron chi connectivity index (χ4n) is 2.94. The van der Waals surface area contributed by atoms with Crippen molar-refractivity contribution in [1.82, 2.24) is 0 Å². The number of benzene rings is 1. The highest BCUT2D eigenvalue weighted by atomic mass is 16.5. The van der Waals surface area contributed by atoms with Crippen LogP contribution in [-0.4, -0.2) is 19.5 Å². The minimum Gasteiger partial charge on any atom is -0.497 e. The van der Waals surface area contributed by atoms with Gasteiger partial charge in [0, 0.05) is 12.3 Å². The van der Waals surface area contributed by atoms with Gasteiger partial charge in [-0.25, -0.2) is 0 Å². The predicted molar refractivity (Wildman–Crippen MR) is 87.9 cm³/mol. The Balaban J connectivity index is 1.69. The Labute approximate surface area is 133 Å². The van der Waals surface area contributed by atoms with Crippen molar-refractivity contribution in [2.24, 2.45) is 11.8 Å². The summed E-state index contributed by atoms with van der Waals surface area (Å²) in [5, 5.41) is 0. The summed E-state index contributed by atoms with van der Waals surface area (Å²) in [5.74, 6) is 1.82. The summed E-state index contributed by atoms with van der Waals surface area (Å²) in [6.45, 7) is 3.30. The quantitative estimate of drug-likeness (QED) is 0.560. The molecule has 3 heteroatoms. The fraction of sp³-hybridized carbons (Fsp3) is 0.526. The second-order valence-electron chi connectivity index (χ2n) is 5.97. The molecule has 0 aromatic heterocycles. The average molecular weight is 302 g/mol. The number of allylic oxidation sites excluding steroid dienone is 1. The third kappa shape index (κ3) is 4.99. The Bertz CT molecular complexity index is 490. The van der Waals surface area contributed by atoms with Crippen LogP contribution in [-0.2, 0) is 16.1 Å². The molecule has 1 aliphatic rings. The summed E-state index contributed by atoms with van der Waals surface area (Å²) in [7, 11) is 1.66. The lowest BCUT2D eigenvalue weighted by Crippen LogP contribution is -2.24. The van der Waals surface area contributed by atoms with Crippen LogP contribution in [0.15, 0.2) is 36.4 Å². The number of rotatable bonds is 7. The molecular weight excluding hydrogens is 276 g/mol. The second-order valence-corrected chi connectivity index (χ2v) is 5.97. The van der Waals surface area contributed by atoms with E-state index in [0.29, 0.717) is 24.9 Å². The van der Waals surface area contributed by atoms with Gasteiger partial charge in [0.05, 0.1) is 20.3 Å². The summed E-state index contributed by atoms with van der Waals surface area (Å²) < 4.78 is 10.8. The highest BCUT2D eigenvalue weighted by Gasteiger charge is 2.25. The number of hydrogen-bond acceptors (Lipinski definition) is 3. The summed E-state index contributed by atoms with van der Waals surface area (Å²) in [5.41, 5.74) is 1.13. The Hall–Kier alpha value is -1.61. The van der Waals surface area contributed by atoms with Crippen LogP contribution in [0.1, 0.15) is 38.2 Å². The van der Waals surface area contributed by atoms with Crippen molar-refractivity contribution < 1.29 is 14.3 Å². The minimum atomic E-state index is 0.214. The van der Waals surface area contributed by atoms with E-state index in [1.165, 1.54) is 6.42 Å². The summed E-state index contributed by atoms with van der Waals surface area (Å²) in [6.07, 6.45) is 8.21. The summed E-state index contributed by atoms with van der Waals surface area (Å²) in [4.78, 5) is 11.9. The highest BCUT2D eigenvalue weighted by molar-refractivity contribution is 5.82. The molecule has 0 N–H and O–H groups in total. The third-order valence-electron chi connectivity index (χ3n) is 4.32. The zero-order chi connectivity index (χ0) is 15.8. The molecule has 0 radical (unpaired) electrons. The van der Waals surface area contributed by atoms with Crippen molar-refractivity contribution in [3.05, 3.63) is 42.0 Å². The lowest BCUT2D eigenvalue weighted by molar-refractivity contribution is -0.125. The maximum atomic E-state index is 11.9. The van der Waals surface area contributed by atoms with Gasteiger partial charge in [0.25, 0.3) is 0 Å². The molecule has 0 heterocycles. The van der Waals surface area contributed by atoms with Crippen LogP contribution in [0, 0.1) is 11.8 Å². The van der Waals surface area contributed by atoms with Gasteiger partial charge in [-0.3, -0.25) is 4.79 Å². The van der Waals surface area contributed by atoms with E-state index in [2.05, 4.69) is 13.0 Å². The SMILES string of the molecule is COc1ccc(COC/C=C/C(C)C2CCCCC2=O)cc1. The molecule has 22 heavy (non-hydrogen) atoms. The fourth-order valence-corrected chi connectivity index (χ4v) is 2.94. The molecule has 3 nitrogen and oxygen atoms in total. The summed E-state index contributed by atoms with van der Waals surface area (Å²) >= 11 is 0. The highest BCUT2D eigenvalue weighted by Crippen LogP contribution is 2.27. The van der Waals surface area contributed by atoms with Crippen LogP contribution in [0.25, 0.3) is 0 Å². The van der Waals surface area contributed by atoms with Crippen LogP contribution < -0.4 is 4.74 Å². The molecule has 0 saturated heterocycles. The van der Waals surface area contributed by atoms with Crippen molar-refractivity contribution in [2.75, 3.05) is 13.7 Å². The van der Waals surface area contributed by atoms with Crippen LogP contribution in [0.3, 0.4) is 0 Å². The standard InChI is InChI=1S/C19H26O3/c1-15(18-7-3-4-8-19(18)20)6-5-13-22-14-16-9-11-17(21-2)12-10-16/h5-6,9-12,15,18H,3-4,7-8,13-14H2,1-2H3/b6-5+. The van der Waals surface area contributed by atoms with Gasteiger partial charge in [-0.2, -0.15) is 0 Å². The smallest absolute Gasteiger partial charge is 0.136 e. The molecule has 0 aliphatic heterocycles. The number of ether oxygens (including phenoxy) is 2. The minimum absolute atomic E-state index is 0.214. The second kappa shape index (κ2) is 8.74. The molecule has 0 bridgehead atoms. The molecule has 1 saturated carbocycles. The molecule has 120 valence electrons. The molecular formula is C19H26O3. The van der Waals surface area contributed by atoms with Crippen molar-refractivity contribution in [1.29, 1.82) is 0 Å². The van der Waals surface area contributed by atoms with Crippen molar-refractivity contribution in [3.8, 4) is 5.75 Å². The van der Waals surface area contributed by atoms with E-state index in [-0.39, 0.29) is 5.92 Å². The zero-order valence-corrected chi connectivity index (χ0v) is 13.6. The lowest BCUT2D eigenvalue weighted by Gasteiger charge is -2.24. The number of carbonyl (C=O) groups is 1. The normalized spacial score (nSPS) is 20.3. The van der Waals surface area contributed by atoms with E-state index >= 15 is 0 Å². The topological polar surface area (TPSA) is 35.5 Å². The first-order valence-corrected chi connectivity index (χ1v) is 8.10. The molecule has 0 amide bonds. The van der Waals surface area contributed by atoms with E-state index in [9.17, 15) is 4.79 Å². The Morgan fingerprint density at radius 2 is 2.05 bits per heavy atom. The number of hydrogen-bond donors (Lipinski definition) is 0. The molecule has 2 rings (SSSR count). The molecule has 1 aliphatic carbocycles. The van der Waals surface area contributed by atoms with E-state index < -0.39 is 0 Å². The van der Waals surface area contributed by atoms with Crippen LogP contribution in [0.2, 0.25) is 0 Å². The van der Waals surface area contributed by atoms with E-state index in [1.807, 2.05) is 30.3 Å². The Morgan fingerprint density at radius 1 is 1.27 bits per heavy atom. The van der Waals surface area contributed by atoms with Gasteiger partial charge in [0.1, 0.15) is 11.5 Å². The maximum absolute atomic E-state index is 11.9. The summed E-state index contributed by atoms with van der Waals surface area (Å²) in [6, 6.07) is 7.88. The maximum Gasteiger partial charge on any atom is 0.136 e. The van der Waals surface area contributed by atoms with E-state index in [1.54, 1.807) is 7.11 Å². The predicted octanol–water partition coefficient (Wildman–Crippen LogP) is 4.16. The molecule has 2 atom stereocenters. The molecule has 0 spiro atoms. The van der Waals surface area contributed by atoms with Crippen molar-refractivity contribution in [2.45, 2.75) is 39.2 Å². The average Bonchev–Trinajstić information content (AvgIpc) is 2.55. The molecule has 1 aromatic rings. The molecule has 1 fully saturated rings. The van der Waals surface area contributed by atoms with Crippen molar-refractivity contribution in [3.63, 3.8) is 0 Å². The van der Waals surface area contributed by atoms with Crippen LogP contribution in [0.4, 0.5) is 0 Å².